The number of hydrogen-bond donors (Lipinski definition) is 0. The third kappa shape index (κ3) is 4.97. The number of fused-ring (bicyclic) bond motifs is 2. The van der Waals surface area contributed by atoms with Gasteiger partial charge in [-0.25, -0.2) is 0 Å². The van der Waals surface area contributed by atoms with Crippen LogP contribution in [0, 0.1) is 27.7 Å². The van der Waals surface area contributed by atoms with Crippen molar-refractivity contribution in [3.63, 3.8) is 0 Å². The van der Waals surface area contributed by atoms with E-state index in [1.807, 2.05) is 0 Å². The summed E-state index contributed by atoms with van der Waals surface area (Å²) in [6, 6.07) is 29.6. The van der Waals surface area contributed by atoms with E-state index in [4.69, 9.17) is 0 Å². The molecule has 43 heavy (non-hydrogen) atoms. The van der Waals surface area contributed by atoms with Gasteiger partial charge in [-0.2, -0.15) is 0 Å². The molecule has 0 spiro atoms. The predicted molar refractivity (Wildman–Crippen MR) is 189 cm³/mol. The second-order valence-corrected chi connectivity index (χ2v) is 61.8. The number of hydrogen-bond acceptors (Lipinski definition) is 0. The summed E-state index contributed by atoms with van der Waals surface area (Å²) in [5.74, 6) is 0. The van der Waals surface area contributed by atoms with E-state index in [-0.39, 0.29) is 0 Å². The van der Waals surface area contributed by atoms with Crippen molar-refractivity contribution in [3.05, 3.63) is 129 Å². The van der Waals surface area contributed by atoms with Crippen LogP contribution < -0.4 is 0 Å². The van der Waals surface area contributed by atoms with Crippen LogP contribution in [0.1, 0.15) is 71.6 Å². The van der Waals surface area contributed by atoms with Crippen molar-refractivity contribution in [1.29, 1.82) is 0 Å². The summed E-state index contributed by atoms with van der Waals surface area (Å²) in [6.45, 7) is 14.1. The first-order valence-corrected chi connectivity index (χ1v) is 35.3. The Morgan fingerprint density at radius 2 is 1.09 bits per heavy atom. The van der Waals surface area contributed by atoms with Gasteiger partial charge in [0.25, 0.3) is 0 Å². The van der Waals surface area contributed by atoms with Crippen LogP contribution in [0.25, 0.3) is 34.4 Å². The first-order valence-electron chi connectivity index (χ1n) is 16.3. The molecule has 0 saturated heterocycles. The van der Waals surface area contributed by atoms with Gasteiger partial charge in [-0.1, -0.05) is 0 Å². The quantitative estimate of drug-likeness (QED) is 0.165. The first kappa shape index (κ1) is 30.5. The molecule has 0 heterocycles. The Labute approximate surface area is 261 Å². The van der Waals surface area contributed by atoms with Crippen LogP contribution in [-0.2, 0) is 17.1 Å². The van der Waals surface area contributed by atoms with Crippen LogP contribution in [0.3, 0.4) is 0 Å². The van der Waals surface area contributed by atoms with E-state index < -0.39 is 22.6 Å². The summed E-state index contributed by atoms with van der Waals surface area (Å²) >= 11 is -3.81. The number of aryl methyl sites for hydroxylation is 4. The molecule has 0 amide bonds. The van der Waals surface area contributed by atoms with Gasteiger partial charge in [-0.05, 0) is 0 Å². The molecular formula is C41H48HfSi. The number of unbranched alkanes of at least 4 members (excludes halogenated alkanes) is 1. The van der Waals surface area contributed by atoms with E-state index in [2.05, 4.69) is 148 Å². The van der Waals surface area contributed by atoms with Crippen LogP contribution in [-0.4, -0.2) is 5.49 Å². The Balaban J connectivity index is 1.56. The monoisotopic (exact) mass is 748 g/mol. The summed E-state index contributed by atoms with van der Waals surface area (Å²) in [6.07, 6.45) is 13.0. The van der Waals surface area contributed by atoms with E-state index in [0.29, 0.717) is 7.35 Å². The third-order valence-corrected chi connectivity index (χ3v) is 69.4. The van der Waals surface area contributed by atoms with Crippen molar-refractivity contribution in [2.45, 2.75) is 76.8 Å². The van der Waals surface area contributed by atoms with E-state index in [0.717, 1.165) is 0 Å². The van der Waals surface area contributed by atoms with Gasteiger partial charge in [-0.3, -0.25) is 0 Å². The molecule has 2 unspecified atom stereocenters. The Kier molecular flexibility index (Phi) is 8.09. The minimum atomic E-state index is -3.81. The van der Waals surface area contributed by atoms with Crippen molar-refractivity contribution in [2.75, 3.05) is 0 Å². The molecule has 0 nitrogen and oxygen atoms in total. The molecule has 2 aliphatic rings. The standard InChI is InChI=1S/2C17H15.C5H12Si.2CH3.Hf/c2*1-12-9-10-13(2)17(11-12)16-8-4-6-14-5-3-7-15(14)16;1-3-4-5-6-2;;;/h2*3-11H,1-2H3;3-5H2,1-2H3;2*1H3;. The van der Waals surface area contributed by atoms with Gasteiger partial charge in [-0.15, -0.1) is 0 Å². The summed E-state index contributed by atoms with van der Waals surface area (Å²) in [4.78, 5) is 0. The minimum absolute atomic E-state index is 0.567. The Morgan fingerprint density at radius 1 is 0.628 bits per heavy atom. The second kappa shape index (κ2) is 11.4. The zero-order chi connectivity index (χ0) is 30.5. The van der Waals surface area contributed by atoms with Crippen molar-refractivity contribution >= 4 is 17.6 Å². The van der Waals surface area contributed by atoms with E-state index in [9.17, 15) is 0 Å². The van der Waals surface area contributed by atoms with Crippen molar-refractivity contribution in [1.82, 2.24) is 0 Å². The van der Waals surface area contributed by atoms with Crippen molar-refractivity contribution in [3.8, 4) is 22.3 Å². The number of allylic oxidation sites excluding steroid dienone is 2. The predicted octanol–water partition coefficient (Wildman–Crippen LogP) is 12.3. The van der Waals surface area contributed by atoms with Crippen LogP contribution in [0.5, 0.6) is 0 Å². The Hall–Kier alpha value is -2.55. The van der Waals surface area contributed by atoms with Crippen LogP contribution >= 0.6 is 0 Å². The fourth-order valence-corrected chi connectivity index (χ4v) is 52.0. The van der Waals surface area contributed by atoms with Crippen molar-refractivity contribution in [2.24, 2.45) is 0 Å². The summed E-state index contributed by atoms with van der Waals surface area (Å²) < 4.78 is 6.89. The van der Waals surface area contributed by atoms with Gasteiger partial charge in [0.1, 0.15) is 0 Å². The average molecular weight is 747 g/mol. The Morgan fingerprint density at radius 3 is 1.53 bits per heavy atom. The molecule has 220 valence electrons. The number of benzene rings is 4. The summed E-state index contributed by atoms with van der Waals surface area (Å²) in [7, 11) is 0. The summed E-state index contributed by atoms with van der Waals surface area (Å²) in [5, 5.41) is 0. The SMILES string of the molecule is CCCC[Si](C)=[Hf]([CH3])([CH3])([CH]1C=Cc2c(-c3cc(C)ccc3C)cccc21)[CH]1C=Cc2c(-c3cc(C)ccc3C)cccc21. The van der Waals surface area contributed by atoms with E-state index >= 15 is 0 Å². The molecule has 0 aromatic heterocycles. The molecule has 4 aromatic rings. The van der Waals surface area contributed by atoms with Gasteiger partial charge in [0.2, 0.25) is 0 Å². The topological polar surface area (TPSA) is 0 Å². The zero-order valence-corrected chi connectivity index (χ0v) is 32.1. The molecule has 0 radical (unpaired) electrons. The zero-order valence-electron chi connectivity index (χ0n) is 27.5. The van der Waals surface area contributed by atoms with Crippen LogP contribution in [0.15, 0.2) is 84.9 Å². The number of rotatable bonds is 7. The van der Waals surface area contributed by atoms with Gasteiger partial charge in [0.05, 0.1) is 0 Å². The molecule has 0 saturated carbocycles. The van der Waals surface area contributed by atoms with Gasteiger partial charge < -0.3 is 0 Å². The van der Waals surface area contributed by atoms with E-state index in [1.54, 1.807) is 11.1 Å². The average Bonchev–Trinajstić information content (AvgIpc) is 3.64. The fourth-order valence-electron chi connectivity index (χ4n) is 8.30. The van der Waals surface area contributed by atoms with Gasteiger partial charge in [0, 0.05) is 0 Å². The van der Waals surface area contributed by atoms with Gasteiger partial charge >= 0.3 is 263 Å². The second-order valence-electron chi connectivity index (χ2n) is 14.4. The molecule has 2 aliphatic carbocycles. The molecule has 6 rings (SSSR count). The van der Waals surface area contributed by atoms with Crippen molar-refractivity contribution < 1.29 is 17.1 Å². The van der Waals surface area contributed by atoms with E-state index in [1.165, 1.54) is 74.5 Å². The molecular weight excluding hydrogens is 699 g/mol. The molecule has 0 N–H and O–H groups in total. The summed E-state index contributed by atoms with van der Waals surface area (Å²) in [5.41, 5.74) is 16.6. The maximum absolute atomic E-state index is 3.81. The molecule has 4 aromatic carbocycles. The molecule has 0 bridgehead atoms. The van der Waals surface area contributed by atoms with Crippen LogP contribution in [0.2, 0.25) is 22.0 Å². The molecule has 0 aliphatic heterocycles. The first-order chi connectivity index (χ1) is 20.5. The molecule has 2 atom stereocenters. The maximum atomic E-state index is 2.88. The Bertz CT molecular complexity index is 1750. The molecule has 2 heteroatoms. The van der Waals surface area contributed by atoms with Gasteiger partial charge in [0.15, 0.2) is 0 Å². The molecule has 0 fully saturated rings. The fraction of sp³-hybridized carbons (Fsp3) is 0.317. The third-order valence-electron chi connectivity index (χ3n) is 11.4. The normalized spacial score (nSPS) is 17.3. The van der Waals surface area contributed by atoms with Crippen LogP contribution in [0.4, 0.5) is 0 Å².